The smallest absolute Gasteiger partial charge is 0.274 e. The number of aryl methyl sites for hydroxylation is 1. The predicted octanol–water partition coefficient (Wildman–Crippen LogP) is 4.33. The normalized spacial score (nSPS) is 11.0. The Bertz CT molecular complexity index is 970. The summed E-state index contributed by atoms with van der Waals surface area (Å²) in [6.45, 7) is 4.34. The fourth-order valence-corrected chi connectivity index (χ4v) is 2.92. The molecule has 0 unspecified atom stereocenters. The zero-order valence-corrected chi connectivity index (χ0v) is 16.1. The number of aromatic nitrogens is 3. The van der Waals surface area contributed by atoms with Gasteiger partial charge in [0.05, 0.1) is 17.0 Å². The molecule has 0 aliphatic rings. The number of pyridine rings is 1. The van der Waals surface area contributed by atoms with Crippen molar-refractivity contribution in [3.8, 4) is 11.3 Å². The Morgan fingerprint density at radius 1 is 1.26 bits per heavy atom. The van der Waals surface area contributed by atoms with Crippen LogP contribution < -0.4 is 0 Å². The first kappa shape index (κ1) is 19.0. The summed E-state index contributed by atoms with van der Waals surface area (Å²) in [5.74, 6) is -0.600. The first-order chi connectivity index (χ1) is 12.8. The van der Waals surface area contributed by atoms with Crippen molar-refractivity contribution < 1.29 is 9.18 Å². The monoisotopic (exact) mass is 386 g/mol. The quantitative estimate of drug-likeness (QED) is 0.656. The van der Waals surface area contributed by atoms with Gasteiger partial charge in [0.1, 0.15) is 11.5 Å². The van der Waals surface area contributed by atoms with E-state index in [0.717, 1.165) is 11.1 Å². The van der Waals surface area contributed by atoms with Crippen molar-refractivity contribution in [3.63, 3.8) is 0 Å². The lowest BCUT2D eigenvalue weighted by Gasteiger charge is -2.26. The van der Waals surface area contributed by atoms with Gasteiger partial charge in [0.2, 0.25) is 0 Å². The van der Waals surface area contributed by atoms with Crippen LogP contribution in [0.2, 0.25) is 5.02 Å². The van der Waals surface area contributed by atoms with Gasteiger partial charge in [0, 0.05) is 37.6 Å². The number of imidazole rings is 1. The minimum absolute atomic E-state index is 0.00335. The van der Waals surface area contributed by atoms with Crippen LogP contribution in [0, 0.1) is 5.82 Å². The Labute approximate surface area is 162 Å². The maximum absolute atomic E-state index is 13.4. The van der Waals surface area contributed by atoms with E-state index in [1.54, 1.807) is 40.3 Å². The molecule has 0 spiro atoms. The molecular weight excluding hydrogens is 367 g/mol. The van der Waals surface area contributed by atoms with Gasteiger partial charge in [-0.1, -0.05) is 11.6 Å². The summed E-state index contributed by atoms with van der Waals surface area (Å²) in [5.41, 5.74) is 2.71. The van der Waals surface area contributed by atoms with E-state index in [9.17, 15) is 9.18 Å². The molecule has 3 rings (SSSR count). The van der Waals surface area contributed by atoms with Crippen LogP contribution in [0.1, 0.15) is 29.9 Å². The molecule has 2 heterocycles. The Morgan fingerprint density at radius 2 is 2.04 bits per heavy atom. The van der Waals surface area contributed by atoms with Crippen molar-refractivity contribution in [1.29, 1.82) is 0 Å². The summed E-state index contributed by atoms with van der Waals surface area (Å²) in [5, 5.41) is 0.0499. The van der Waals surface area contributed by atoms with Crippen molar-refractivity contribution in [2.24, 2.45) is 7.05 Å². The summed E-state index contributed by atoms with van der Waals surface area (Å²) >= 11 is 5.88. The summed E-state index contributed by atoms with van der Waals surface area (Å²) < 4.78 is 15.1. The van der Waals surface area contributed by atoms with Crippen LogP contribution in [0.5, 0.6) is 0 Å². The van der Waals surface area contributed by atoms with Gasteiger partial charge in [0.15, 0.2) is 0 Å². The number of hydrogen-bond acceptors (Lipinski definition) is 3. The fraction of sp³-hybridized carbons (Fsp3) is 0.250. The average Bonchev–Trinajstić information content (AvgIpc) is 3.08. The van der Waals surface area contributed by atoms with Gasteiger partial charge in [-0.2, -0.15) is 0 Å². The van der Waals surface area contributed by atoms with Gasteiger partial charge in [-0.05, 0) is 49.7 Å². The molecule has 0 N–H and O–H groups in total. The SMILES string of the molecule is CC(C)N(Cc1ccnc(-c2ccc(F)c(Cl)c2)c1)C(=O)c1cn(C)cn1. The largest absolute Gasteiger partial charge is 0.340 e. The lowest BCUT2D eigenvalue weighted by molar-refractivity contribution is 0.0684. The Morgan fingerprint density at radius 3 is 2.67 bits per heavy atom. The van der Waals surface area contributed by atoms with Gasteiger partial charge in [-0.3, -0.25) is 9.78 Å². The average molecular weight is 387 g/mol. The zero-order chi connectivity index (χ0) is 19.6. The molecule has 2 aromatic heterocycles. The van der Waals surface area contributed by atoms with E-state index in [-0.39, 0.29) is 17.0 Å². The molecule has 27 heavy (non-hydrogen) atoms. The number of hydrogen-bond donors (Lipinski definition) is 0. The number of amides is 1. The molecule has 1 amide bonds. The van der Waals surface area contributed by atoms with Crippen LogP contribution in [-0.4, -0.2) is 31.4 Å². The lowest BCUT2D eigenvalue weighted by Crippen LogP contribution is -2.36. The van der Waals surface area contributed by atoms with Crippen molar-refractivity contribution in [1.82, 2.24) is 19.4 Å². The molecule has 0 radical (unpaired) electrons. The highest BCUT2D eigenvalue weighted by Gasteiger charge is 2.21. The van der Waals surface area contributed by atoms with Crippen molar-refractivity contribution in [2.75, 3.05) is 0 Å². The fourth-order valence-electron chi connectivity index (χ4n) is 2.74. The first-order valence-electron chi connectivity index (χ1n) is 8.54. The maximum Gasteiger partial charge on any atom is 0.274 e. The van der Waals surface area contributed by atoms with Gasteiger partial charge < -0.3 is 9.47 Å². The molecule has 0 aliphatic carbocycles. The van der Waals surface area contributed by atoms with Crippen LogP contribution >= 0.6 is 11.6 Å². The standard InChI is InChI=1S/C20H20ClFN4O/c1-13(2)26(20(27)19-11-25(3)12-24-19)10-14-6-7-23-18(8-14)15-4-5-17(22)16(21)9-15/h4-9,11-13H,10H2,1-3H3. The van der Waals surface area contributed by atoms with Crippen molar-refractivity contribution >= 4 is 17.5 Å². The molecule has 0 atom stereocenters. The summed E-state index contributed by atoms with van der Waals surface area (Å²) in [4.78, 5) is 23.1. The maximum atomic E-state index is 13.4. The van der Waals surface area contributed by atoms with Crippen molar-refractivity contribution in [2.45, 2.75) is 26.4 Å². The van der Waals surface area contributed by atoms with Crippen LogP contribution in [0.3, 0.4) is 0 Å². The third kappa shape index (κ3) is 4.34. The molecule has 7 heteroatoms. The van der Waals surface area contributed by atoms with E-state index in [4.69, 9.17) is 11.6 Å². The van der Waals surface area contributed by atoms with Gasteiger partial charge in [-0.25, -0.2) is 9.37 Å². The molecule has 0 bridgehead atoms. The van der Waals surface area contributed by atoms with E-state index in [1.807, 2.05) is 33.0 Å². The number of carbonyl (C=O) groups is 1. The molecule has 5 nitrogen and oxygen atoms in total. The van der Waals surface area contributed by atoms with E-state index in [1.165, 1.54) is 6.07 Å². The highest BCUT2D eigenvalue weighted by atomic mass is 35.5. The van der Waals surface area contributed by atoms with E-state index >= 15 is 0 Å². The third-order valence-corrected chi connectivity index (χ3v) is 4.49. The minimum atomic E-state index is -0.469. The second-order valence-corrected chi connectivity index (χ2v) is 7.04. The number of halogens is 2. The highest BCUT2D eigenvalue weighted by Crippen LogP contribution is 2.24. The summed E-state index contributed by atoms with van der Waals surface area (Å²) in [7, 11) is 1.83. The van der Waals surface area contributed by atoms with Gasteiger partial charge in [-0.15, -0.1) is 0 Å². The number of carbonyl (C=O) groups excluding carboxylic acids is 1. The molecule has 0 aliphatic heterocycles. The highest BCUT2D eigenvalue weighted by molar-refractivity contribution is 6.31. The van der Waals surface area contributed by atoms with E-state index < -0.39 is 5.82 Å². The summed E-state index contributed by atoms with van der Waals surface area (Å²) in [6.07, 6.45) is 4.98. The van der Waals surface area contributed by atoms with E-state index in [0.29, 0.717) is 17.9 Å². The predicted molar refractivity (Wildman–Crippen MR) is 103 cm³/mol. The number of nitrogens with zero attached hydrogens (tertiary/aromatic N) is 4. The van der Waals surface area contributed by atoms with Crippen LogP contribution in [0.25, 0.3) is 11.3 Å². The molecule has 1 aromatic carbocycles. The first-order valence-corrected chi connectivity index (χ1v) is 8.92. The molecule has 3 aromatic rings. The topological polar surface area (TPSA) is 51.0 Å². The molecule has 0 fully saturated rings. The number of rotatable bonds is 5. The second-order valence-electron chi connectivity index (χ2n) is 6.63. The van der Waals surface area contributed by atoms with Crippen LogP contribution in [0.4, 0.5) is 4.39 Å². The van der Waals surface area contributed by atoms with Crippen LogP contribution in [-0.2, 0) is 13.6 Å². The van der Waals surface area contributed by atoms with Crippen LogP contribution in [0.15, 0.2) is 49.1 Å². The van der Waals surface area contributed by atoms with Gasteiger partial charge >= 0.3 is 0 Å². The lowest BCUT2D eigenvalue weighted by atomic mass is 10.1. The second kappa shape index (κ2) is 7.88. The zero-order valence-electron chi connectivity index (χ0n) is 15.4. The van der Waals surface area contributed by atoms with Crippen molar-refractivity contribution in [3.05, 3.63) is 71.2 Å². The molecule has 0 saturated carbocycles. The Balaban J connectivity index is 1.86. The minimum Gasteiger partial charge on any atom is -0.340 e. The summed E-state index contributed by atoms with van der Waals surface area (Å²) in [6, 6.07) is 8.23. The third-order valence-electron chi connectivity index (χ3n) is 4.20. The number of benzene rings is 1. The molecule has 140 valence electrons. The Hall–Kier alpha value is -2.73. The Kier molecular flexibility index (Phi) is 5.56. The molecular formula is C20H20ClFN4O. The molecule has 0 saturated heterocycles. The van der Waals surface area contributed by atoms with Gasteiger partial charge in [0.25, 0.3) is 5.91 Å². The van der Waals surface area contributed by atoms with E-state index in [2.05, 4.69) is 9.97 Å².